The first-order chi connectivity index (χ1) is 18.5. The number of ether oxygens (including phenoxy) is 4. The molecule has 38 heavy (non-hydrogen) atoms. The minimum atomic E-state index is -0.768. The summed E-state index contributed by atoms with van der Waals surface area (Å²) >= 11 is 0. The van der Waals surface area contributed by atoms with Gasteiger partial charge in [0, 0.05) is 31.7 Å². The van der Waals surface area contributed by atoms with Crippen LogP contribution < -0.4 is 14.2 Å². The number of carbonyl (C=O) groups excluding carboxylic acids is 2. The van der Waals surface area contributed by atoms with Crippen molar-refractivity contribution >= 4 is 17.4 Å². The van der Waals surface area contributed by atoms with Crippen molar-refractivity contribution in [1.29, 1.82) is 0 Å². The van der Waals surface area contributed by atoms with Crippen LogP contribution in [0.4, 0.5) is 0 Å². The highest BCUT2D eigenvalue weighted by atomic mass is 16.5. The highest BCUT2D eigenvalue weighted by molar-refractivity contribution is 6.46. The Morgan fingerprint density at radius 1 is 1.00 bits per heavy atom. The van der Waals surface area contributed by atoms with E-state index in [1.165, 1.54) is 0 Å². The van der Waals surface area contributed by atoms with E-state index in [1.807, 2.05) is 13.0 Å². The third-order valence-corrected chi connectivity index (χ3v) is 6.85. The number of likely N-dealkylation sites (tertiary alicyclic amines) is 1. The van der Waals surface area contributed by atoms with Crippen LogP contribution >= 0.6 is 0 Å². The van der Waals surface area contributed by atoms with Gasteiger partial charge in [-0.1, -0.05) is 13.0 Å². The SMILES string of the molecule is CCCOc1ccc(C2C(=C(O)c3ccc(OC)cc3)C(=O)C(=O)N2CCCN2CCOCC2)cc1OC. The van der Waals surface area contributed by atoms with E-state index in [1.54, 1.807) is 55.5 Å². The lowest BCUT2D eigenvalue weighted by molar-refractivity contribution is -0.140. The summed E-state index contributed by atoms with van der Waals surface area (Å²) in [6.45, 7) is 6.77. The standard InChI is InChI=1S/C29H36N2O7/c1-4-16-38-23-11-8-21(19-24(23)36-3)26-25(27(32)20-6-9-22(35-2)10-7-20)28(33)29(34)31(26)13-5-12-30-14-17-37-18-15-30/h6-11,19,26,32H,4-5,12-18H2,1-3H3. The van der Waals surface area contributed by atoms with Gasteiger partial charge < -0.3 is 29.0 Å². The molecule has 9 nitrogen and oxygen atoms in total. The maximum Gasteiger partial charge on any atom is 0.295 e. The number of methoxy groups -OCH3 is 2. The Balaban J connectivity index is 1.71. The van der Waals surface area contributed by atoms with E-state index in [0.29, 0.717) is 61.2 Å². The van der Waals surface area contributed by atoms with Crippen molar-refractivity contribution in [2.45, 2.75) is 25.8 Å². The number of ketones is 1. The molecule has 0 saturated carbocycles. The molecule has 2 aliphatic heterocycles. The predicted molar refractivity (Wildman–Crippen MR) is 143 cm³/mol. The van der Waals surface area contributed by atoms with Crippen molar-refractivity contribution < 1.29 is 33.6 Å². The van der Waals surface area contributed by atoms with E-state index in [2.05, 4.69) is 4.90 Å². The second-order valence-corrected chi connectivity index (χ2v) is 9.29. The Bertz CT molecular complexity index is 1160. The molecule has 2 saturated heterocycles. The van der Waals surface area contributed by atoms with Gasteiger partial charge in [0.15, 0.2) is 11.5 Å². The summed E-state index contributed by atoms with van der Waals surface area (Å²) in [5.74, 6) is 0.139. The number of Topliss-reactive ketones (excluding diaryl/α,β-unsaturated/α-hetero) is 1. The monoisotopic (exact) mass is 524 g/mol. The normalized spacial score (nSPS) is 19.6. The molecule has 2 heterocycles. The number of aliphatic hydroxyl groups excluding tert-OH is 1. The zero-order valence-corrected chi connectivity index (χ0v) is 22.3. The van der Waals surface area contributed by atoms with Gasteiger partial charge in [0.2, 0.25) is 0 Å². The minimum absolute atomic E-state index is 0.0517. The van der Waals surface area contributed by atoms with Crippen LogP contribution in [0, 0.1) is 0 Å². The summed E-state index contributed by atoms with van der Waals surface area (Å²) in [6.07, 6.45) is 1.52. The van der Waals surface area contributed by atoms with Crippen LogP contribution in [0.25, 0.3) is 5.76 Å². The molecular formula is C29H36N2O7. The van der Waals surface area contributed by atoms with Crippen molar-refractivity contribution in [3.8, 4) is 17.2 Å². The molecule has 2 aromatic rings. The quantitative estimate of drug-likeness (QED) is 0.270. The number of aliphatic hydroxyl groups is 1. The Morgan fingerprint density at radius 3 is 2.39 bits per heavy atom. The molecule has 4 rings (SSSR count). The average molecular weight is 525 g/mol. The lowest BCUT2D eigenvalue weighted by atomic mass is 9.95. The van der Waals surface area contributed by atoms with Gasteiger partial charge in [0.05, 0.1) is 45.7 Å². The zero-order valence-electron chi connectivity index (χ0n) is 22.3. The molecule has 0 radical (unpaired) electrons. The van der Waals surface area contributed by atoms with Crippen molar-refractivity contribution in [1.82, 2.24) is 9.80 Å². The number of benzene rings is 2. The van der Waals surface area contributed by atoms with Gasteiger partial charge in [-0.15, -0.1) is 0 Å². The summed E-state index contributed by atoms with van der Waals surface area (Å²) in [5.41, 5.74) is 1.14. The fourth-order valence-corrected chi connectivity index (χ4v) is 4.84. The summed E-state index contributed by atoms with van der Waals surface area (Å²) in [5, 5.41) is 11.3. The molecule has 2 aliphatic rings. The fraction of sp³-hybridized carbons (Fsp3) is 0.448. The number of nitrogens with zero attached hydrogens (tertiary/aromatic N) is 2. The molecule has 1 N–H and O–H groups in total. The number of morpholine rings is 1. The maximum atomic E-state index is 13.3. The van der Waals surface area contributed by atoms with E-state index < -0.39 is 17.7 Å². The first-order valence-corrected chi connectivity index (χ1v) is 13.0. The molecule has 0 bridgehead atoms. The number of hydrogen-bond donors (Lipinski definition) is 1. The fourth-order valence-electron chi connectivity index (χ4n) is 4.84. The zero-order chi connectivity index (χ0) is 27.1. The number of amides is 1. The average Bonchev–Trinajstić information content (AvgIpc) is 3.21. The second kappa shape index (κ2) is 12.8. The molecule has 9 heteroatoms. The van der Waals surface area contributed by atoms with Crippen molar-refractivity contribution in [3.05, 3.63) is 59.2 Å². The molecule has 0 aromatic heterocycles. The van der Waals surface area contributed by atoms with Crippen molar-refractivity contribution in [2.24, 2.45) is 0 Å². The van der Waals surface area contributed by atoms with Gasteiger partial charge in [-0.3, -0.25) is 14.5 Å². The molecule has 1 unspecified atom stereocenters. The summed E-state index contributed by atoms with van der Waals surface area (Å²) in [7, 11) is 3.10. The topological polar surface area (TPSA) is 97.8 Å². The van der Waals surface area contributed by atoms with E-state index in [9.17, 15) is 14.7 Å². The van der Waals surface area contributed by atoms with Gasteiger partial charge in [-0.05, 0) is 54.8 Å². The molecule has 204 valence electrons. The number of rotatable bonds is 11. The Morgan fingerprint density at radius 2 is 1.74 bits per heavy atom. The smallest absolute Gasteiger partial charge is 0.295 e. The van der Waals surface area contributed by atoms with Gasteiger partial charge in [-0.2, -0.15) is 0 Å². The highest BCUT2D eigenvalue weighted by Gasteiger charge is 2.46. The van der Waals surface area contributed by atoms with E-state index in [4.69, 9.17) is 18.9 Å². The van der Waals surface area contributed by atoms with Gasteiger partial charge in [0.1, 0.15) is 11.5 Å². The van der Waals surface area contributed by atoms with E-state index in [-0.39, 0.29) is 11.3 Å². The van der Waals surface area contributed by atoms with Crippen LogP contribution in [0.15, 0.2) is 48.0 Å². The number of carbonyl (C=O) groups is 2. The first kappa shape index (κ1) is 27.5. The summed E-state index contributed by atoms with van der Waals surface area (Å²) in [4.78, 5) is 30.5. The van der Waals surface area contributed by atoms with Crippen LogP contribution in [0.2, 0.25) is 0 Å². The van der Waals surface area contributed by atoms with Crippen LogP contribution in [-0.2, 0) is 14.3 Å². The van der Waals surface area contributed by atoms with Crippen LogP contribution in [0.3, 0.4) is 0 Å². The molecule has 0 aliphatic carbocycles. The second-order valence-electron chi connectivity index (χ2n) is 9.29. The van der Waals surface area contributed by atoms with Crippen molar-refractivity contribution in [3.63, 3.8) is 0 Å². The highest BCUT2D eigenvalue weighted by Crippen LogP contribution is 2.42. The van der Waals surface area contributed by atoms with Crippen LogP contribution in [-0.4, -0.2) is 86.8 Å². The van der Waals surface area contributed by atoms with E-state index in [0.717, 1.165) is 26.1 Å². The Hall–Kier alpha value is -3.56. The van der Waals surface area contributed by atoms with Gasteiger partial charge in [-0.25, -0.2) is 0 Å². The first-order valence-electron chi connectivity index (χ1n) is 13.0. The predicted octanol–water partition coefficient (Wildman–Crippen LogP) is 3.64. The minimum Gasteiger partial charge on any atom is -0.507 e. The third kappa shape index (κ3) is 5.95. The lowest BCUT2D eigenvalue weighted by Gasteiger charge is -2.29. The molecular weight excluding hydrogens is 488 g/mol. The maximum absolute atomic E-state index is 13.3. The summed E-state index contributed by atoms with van der Waals surface area (Å²) in [6, 6.07) is 11.3. The Labute approximate surface area is 223 Å². The third-order valence-electron chi connectivity index (χ3n) is 6.85. The molecule has 2 aromatic carbocycles. The van der Waals surface area contributed by atoms with Gasteiger partial charge in [0.25, 0.3) is 11.7 Å². The number of hydrogen-bond acceptors (Lipinski definition) is 8. The molecule has 0 spiro atoms. The van der Waals surface area contributed by atoms with Crippen LogP contribution in [0.1, 0.15) is 36.9 Å². The summed E-state index contributed by atoms with van der Waals surface area (Å²) < 4.78 is 22.0. The van der Waals surface area contributed by atoms with Gasteiger partial charge >= 0.3 is 0 Å². The van der Waals surface area contributed by atoms with Crippen LogP contribution in [0.5, 0.6) is 17.2 Å². The molecule has 2 fully saturated rings. The molecule has 1 atom stereocenters. The van der Waals surface area contributed by atoms with E-state index >= 15 is 0 Å². The Kier molecular flexibility index (Phi) is 9.25. The van der Waals surface area contributed by atoms with Crippen molar-refractivity contribution in [2.75, 3.05) is 60.2 Å². The largest absolute Gasteiger partial charge is 0.507 e. The lowest BCUT2D eigenvalue weighted by Crippen LogP contribution is -2.39. The molecule has 1 amide bonds.